The standard InChI is InChI=1S/C18H25N3O4/c1-11(2)19-15(22)14-9-13(6-5-12(14)3)20-17(25)21-8-7-18(4,10-21)16(23)24/h5-6,9,11H,7-8,10H2,1-4H3,(H,19,22)(H,20,25)(H,23,24). The first-order chi connectivity index (χ1) is 11.6. The SMILES string of the molecule is Cc1ccc(NC(=O)N2CCC(C)(C(=O)O)C2)cc1C(=O)NC(C)C. The monoisotopic (exact) mass is 347 g/mol. The van der Waals surface area contributed by atoms with Crippen LogP contribution in [0.25, 0.3) is 0 Å². The van der Waals surface area contributed by atoms with E-state index < -0.39 is 11.4 Å². The fourth-order valence-corrected chi connectivity index (χ4v) is 2.80. The van der Waals surface area contributed by atoms with Gasteiger partial charge in [-0.25, -0.2) is 4.79 Å². The molecule has 25 heavy (non-hydrogen) atoms. The average Bonchev–Trinajstić information content (AvgIpc) is 2.92. The lowest BCUT2D eigenvalue weighted by molar-refractivity contribution is -0.146. The van der Waals surface area contributed by atoms with Gasteiger partial charge in [0.2, 0.25) is 0 Å². The van der Waals surface area contributed by atoms with Crippen molar-refractivity contribution in [3.05, 3.63) is 29.3 Å². The van der Waals surface area contributed by atoms with Crippen LogP contribution in [0.3, 0.4) is 0 Å². The van der Waals surface area contributed by atoms with Crippen LogP contribution in [0.15, 0.2) is 18.2 Å². The number of hydrogen-bond acceptors (Lipinski definition) is 3. The van der Waals surface area contributed by atoms with Crippen molar-refractivity contribution in [1.29, 1.82) is 0 Å². The van der Waals surface area contributed by atoms with Gasteiger partial charge >= 0.3 is 12.0 Å². The molecule has 2 rings (SSSR count). The van der Waals surface area contributed by atoms with E-state index in [1.54, 1.807) is 25.1 Å². The number of carboxylic acid groups (broad SMARTS) is 1. The lowest BCUT2D eigenvalue weighted by atomic mass is 9.90. The molecule has 1 heterocycles. The Morgan fingerprint density at radius 3 is 2.52 bits per heavy atom. The molecule has 0 radical (unpaired) electrons. The summed E-state index contributed by atoms with van der Waals surface area (Å²) in [6, 6.07) is 4.80. The van der Waals surface area contributed by atoms with Crippen LogP contribution in [-0.2, 0) is 4.79 Å². The van der Waals surface area contributed by atoms with E-state index >= 15 is 0 Å². The molecule has 7 heteroatoms. The van der Waals surface area contributed by atoms with E-state index in [1.807, 2.05) is 20.8 Å². The van der Waals surface area contributed by atoms with Gasteiger partial charge in [-0.05, 0) is 51.8 Å². The third-order valence-electron chi connectivity index (χ3n) is 4.43. The number of nitrogens with one attached hydrogen (secondary N) is 2. The Kier molecular flexibility index (Phi) is 5.35. The summed E-state index contributed by atoms with van der Waals surface area (Å²) in [6.45, 7) is 7.79. The van der Waals surface area contributed by atoms with Crippen LogP contribution in [-0.4, -0.2) is 47.0 Å². The van der Waals surface area contributed by atoms with Gasteiger partial charge in [-0.15, -0.1) is 0 Å². The van der Waals surface area contributed by atoms with Gasteiger partial charge in [0.1, 0.15) is 0 Å². The number of likely N-dealkylation sites (tertiary alicyclic amines) is 1. The van der Waals surface area contributed by atoms with Crippen molar-refractivity contribution in [3.63, 3.8) is 0 Å². The molecular formula is C18H25N3O4. The largest absolute Gasteiger partial charge is 0.481 e. The van der Waals surface area contributed by atoms with Crippen LogP contribution in [0.5, 0.6) is 0 Å². The quantitative estimate of drug-likeness (QED) is 0.779. The van der Waals surface area contributed by atoms with Gasteiger partial charge in [-0.3, -0.25) is 9.59 Å². The molecule has 1 aromatic rings. The van der Waals surface area contributed by atoms with E-state index in [9.17, 15) is 19.5 Å². The summed E-state index contributed by atoms with van der Waals surface area (Å²) in [7, 11) is 0. The van der Waals surface area contributed by atoms with Crippen molar-refractivity contribution >= 4 is 23.6 Å². The minimum Gasteiger partial charge on any atom is -0.481 e. The van der Waals surface area contributed by atoms with Crippen LogP contribution in [0.2, 0.25) is 0 Å². The van der Waals surface area contributed by atoms with Crippen molar-refractivity contribution in [3.8, 4) is 0 Å². The molecule has 0 bridgehead atoms. The highest BCUT2D eigenvalue weighted by Crippen LogP contribution is 2.30. The molecule has 1 aromatic carbocycles. The fraction of sp³-hybridized carbons (Fsp3) is 0.500. The second-order valence-electron chi connectivity index (χ2n) is 7.13. The van der Waals surface area contributed by atoms with E-state index in [-0.39, 0.29) is 24.5 Å². The Labute approximate surface area is 147 Å². The number of benzene rings is 1. The number of carboxylic acids is 1. The van der Waals surface area contributed by atoms with Crippen molar-refractivity contribution < 1.29 is 19.5 Å². The van der Waals surface area contributed by atoms with Gasteiger partial charge in [0.15, 0.2) is 0 Å². The zero-order chi connectivity index (χ0) is 18.8. The summed E-state index contributed by atoms with van der Waals surface area (Å²) >= 11 is 0. The number of rotatable bonds is 4. The van der Waals surface area contributed by atoms with Crippen LogP contribution >= 0.6 is 0 Å². The van der Waals surface area contributed by atoms with Gasteiger partial charge < -0.3 is 20.6 Å². The maximum absolute atomic E-state index is 12.4. The molecule has 3 N–H and O–H groups in total. The maximum atomic E-state index is 12.4. The summed E-state index contributed by atoms with van der Waals surface area (Å²) in [6.07, 6.45) is 0.422. The number of carbonyl (C=O) groups is 3. The van der Waals surface area contributed by atoms with Crippen LogP contribution in [0, 0.1) is 12.3 Å². The molecule has 1 aliphatic heterocycles. The van der Waals surface area contributed by atoms with E-state index in [2.05, 4.69) is 10.6 Å². The summed E-state index contributed by atoms with van der Waals surface area (Å²) in [4.78, 5) is 37.4. The predicted molar refractivity (Wildman–Crippen MR) is 94.7 cm³/mol. The number of aliphatic carboxylic acids is 1. The topological polar surface area (TPSA) is 98.7 Å². The minimum atomic E-state index is -0.910. The zero-order valence-electron chi connectivity index (χ0n) is 15.0. The average molecular weight is 347 g/mol. The highest BCUT2D eigenvalue weighted by Gasteiger charge is 2.42. The van der Waals surface area contributed by atoms with Crippen molar-refractivity contribution in [2.24, 2.45) is 5.41 Å². The van der Waals surface area contributed by atoms with Crippen LogP contribution in [0.1, 0.15) is 43.1 Å². The van der Waals surface area contributed by atoms with Gasteiger partial charge in [0, 0.05) is 30.4 Å². The predicted octanol–water partition coefficient (Wildman–Crippen LogP) is 2.46. The smallest absolute Gasteiger partial charge is 0.321 e. The second-order valence-corrected chi connectivity index (χ2v) is 7.13. The van der Waals surface area contributed by atoms with Crippen molar-refractivity contribution in [2.45, 2.75) is 40.2 Å². The molecular weight excluding hydrogens is 322 g/mol. The number of anilines is 1. The summed E-state index contributed by atoms with van der Waals surface area (Å²) in [5, 5.41) is 14.8. The number of aryl methyl sites for hydroxylation is 1. The normalized spacial score (nSPS) is 19.8. The van der Waals surface area contributed by atoms with E-state index in [4.69, 9.17) is 0 Å². The Hall–Kier alpha value is -2.57. The van der Waals surface area contributed by atoms with Gasteiger partial charge in [-0.1, -0.05) is 6.07 Å². The molecule has 1 atom stereocenters. The number of nitrogens with zero attached hydrogens (tertiary/aromatic N) is 1. The molecule has 0 aliphatic carbocycles. The third-order valence-corrected chi connectivity index (χ3v) is 4.43. The molecule has 7 nitrogen and oxygen atoms in total. The van der Waals surface area contributed by atoms with E-state index in [0.717, 1.165) is 5.56 Å². The molecule has 136 valence electrons. The molecule has 0 saturated carbocycles. The Bertz CT molecular complexity index is 702. The van der Waals surface area contributed by atoms with Crippen molar-refractivity contribution in [1.82, 2.24) is 10.2 Å². The maximum Gasteiger partial charge on any atom is 0.321 e. The highest BCUT2D eigenvalue weighted by atomic mass is 16.4. The summed E-state index contributed by atoms with van der Waals surface area (Å²) in [5.41, 5.74) is 0.917. The first-order valence-electron chi connectivity index (χ1n) is 8.33. The summed E-state index contributed by atoms with van der Waals surface area (Å²) in [5.74, 6) is -1.09. The van der Waals surface area contributed by atoms with Gasteiger partial charge in [0.05, 0.1) is 5.41 Å². The van der Waals surface area contributed by atoms with Crippen LogP contribution in [0.4, 0.5) is 10.5 Å². The first-order valence-corrected chi connectivity index (χ1v) is 8.33. The Morgan fingerprint density at radius 2 is 1.96 bits per heavy atom. The minimum absolute atomic E-state index is 0.0171. The van der Waals surface area contributed by atoms with Crippen LogP contribution < -0.4 is 10.6 Å². The number of hydrogen-bond donors (Lipinski definition) is 3. The zero-order valence-corrected chi connectivity index (χ0v) is 15.0. The second kappa shape index (κ2) is 7.13. The molecule has 3 amide bonds. The molecule has 0 spiro atoms. The van der Waals surface area contributed by atoms with E-state index in [0.29, 0.717) is 24.2 Å². The van der Waals surface area contributed by atoms with Gasteiger partial charge in [-0.2, -0.15) is 0 Å². The number of urea groups is 1. The highest BCUT2D eigenvalue weighted by molar-refractivity contribution is 5.98. The fourth-order valence-electron chi connectivity index (χ4n) is 2.80. The molecule has 1 unspecified atom stereocenters. The summed E-state index contributed by atoms with van der Waals surface area (Å²) < 4.78 is 0. The lowest BCUT2D eigenvalue weighted by Gasteiger charge is -2.21. The Balaban J connectivity index is 2.09. The molecule has 1 aliphatic rings. The van der Waals surface area contributed by atoms with Crippen molar-refractivity contribution in [2.75, 3.05) is 18.4 Å². The first kappa shape index (κ1) is 18.8. The Morgan fingerprint density at radius 1 is 1.28 bits per heavy atom. The number of amides is 3. The number of carbonyl (C=O) groups excluding carboxylic acids is 2. The molecule has 1 fully saturated rings. The van der Waals surface area contributed by atoms with E-state index in [1.165, 1.54) is 4.90 Å². The lowest BCUT2D eigenvalue weighted by Crippen LogP contribution is -2.37. The molecule has 1 saturated heterocycles. The third kappa shape index (κ3) is 4.29. The molecule has 0 aromatic heterocycles. The van der Waals surface area contributed by atoms with Gasteiger partial charge in [0.25, 0.3) is 5.91 Å².